The van der Waals surface area contributed by atoms with Crippen LogP contribution >= 0.6 is 46.1 Å². The van der Waals surface area contributed by atoms with E-state index in [9.17, 15) is 21.6 Å². The van der Waals surface area contributed by atoms with E-state index in [2.05, 4.69) is 10.0 Å². The molecule has 1 aromatic heterocycles. The molecule has 0 saturated carbocycles. The first-order chi connectivity index (χ1) is 16.3. The van der Waals surface area contributed by atoms with Gasteiger partial charge in [-0.3, -0.25) is 4.72 Å². The van der Waals surface area contributed by atoms with Gasteiger partial charge in [0.05, 0.1) is 15.6 Å². The third kappa shape index (κ3) is 5.84. The molecule has 1 fully saturated rings. The minimum absolute atomic E-state index is 0.0970. The summed E-state index contributed by atoms with van der Waals surface area (Å²) < 4.78 is 75.5. The summed E-state index contributed by atoms with van der Waals surface area (Å²) in [4.78, 5) is 0. The van der Waals surface area contributed by atoms with E-state index in [0.717, 1.165) is 29.5 Å². The van der Waals surface area contributed by atoms with Crippen molar-refractivity contribution in [2.45, 2.75) is 29.3 Å². The Morgan fingerprint density at radius 1 is 1.09 bits per heavy atom. The van der Waals surface area contributed by atoms with Crippen LogP contribution in [0.4, 0.5) is 18.9 Å². The van der Waals surface area contributed by atoms with Gasteiger partial charge in [-0.15, -0.1) is 11.3 Å². The molecule has 1 saturated heterocycles. The highest BCUT2D eigenvalue weighted by molar-refractivity contribution is 7.94. The first-order valence-corrected chi connectivity index (χ1v) is 13.6. The van der Waals surface area contributed by atoms with Crippen molar-refractivity contribution in [3.05, 3.63) is 62.4 Å². The van der Waals surface area contributed by atoms with E-state index in [1.165, 1.54) is 12.1 Å². The summed E-state index contributed by atoms with van der Waals surface area (Å²) >= 11 is 19.1. The van der Waals surface area contributed by atoms with Crippen molar-refractivity contribution in [2.24, 2.45) is 0 Å². The predicted octanol–water partition coefficient (Wildman–Crippen LogP) is 7.33. The highest BCUT2D eigenvalue weighted by Crippen LogP contribution is 2.43. The van der Waals surface area contributed by atoms with Gasteiger partial charge in [0.25, 0.3) is 10.0 Å². The third-order valence-corrected chi connectivity index (χ3v) is 9.09. The summed E-state index contributed by atoms with van der Waals surface area (Å²) in [6.07, 6.45) is -4.19. The summed E-state index contributed by atoms with van der Waals surface area (Å²) in [7, 11) is -4.26. The highest BCUT2D eigenvalue weighted by atomic mass is 35.5. The number of rotatable bonds is 6. The van der Waals surface area contributed by atoms with E-state index >= 15 is 0 Å². The predicted molar refractivity (Wildman–Crippen MR) is 134 cm³/mol. The molecule has 0 bridgehead atoms. The average Bonchev–Trinajstić information content (AvgIpc) is 3.33. The zero-order chi connectivity index (χ0) is 25.6. The summed E-state index contributed by atoms with van der Waals surface area (Å²) in [5.41, 5.74) is -1.33. The molecular formula is C22H18Cl3F3N2O3S2. The molecule has 0 radical (unpaired) electrons. The monoisotopic (exact) mass is 584 g/mol. The first-order valence-electron chi connectivity index (χ1n) is 10.2. The number of benzene rings is 2. The molecule has 2 heterocycles. The zero-order valence-corrected chi connectivity index (χ0v) is 21.9. The van der Waals surface area contributed by atoms with E-state index in [1.807, 2.05) is 0 Å². The lowest BCUT2D eigenvalue weighted by atomic mass is 10.1. The van der Waals surface area contributed by atoms with Gasteiger partial charge < -0.3 is 10.1 Å². The first kappa shape index (κ1) is 26.4. The number of sulfonamides is 1. The molecule has 35 heavy (non-hydrogen) atoms. The van der Waals surface area contributed by atoms with Gasteiger partial charge in [-0.05, 0) is 43.8 Å². The number of nitrogens with one attached hydrogen (secondary N) is 2. The van der Waals surface area contributed by atoms with E-state index in [0.29, 0.717) is 30.1 Å². The molecule has 5 nitrogen and oxygen atoms in total. The van der Waals surface area contributed by atoms with Crippen molar-refractivity contribution in [3.63, 3.8) is 0 Å². The standard InChI is InChI=1S/C22H18Cl3F3N2O3S2/c1-21(6-7-29-11-21)33-18-9-13(3-5-16(18)22(26,27)28)30-35(31,32)20-15(10-19(25)34-20)14-4-2-12(23)8-17(14)24/h2-5,8-10,29-30H,6-7,11H2,1H3/t21-/m1/s1. The van der Waals surface area contributed by atoms with Crippen LogP contribution in [-0.2, 0) is 16.2 Å². The maximum atomic E-state index is 13.6. The van der Waals surface area contributed by atoms with E-state index < -0.39 is 33.1 Å². The van der Waals surface area contributed by atoms with Crippen molar-refractivity contribution in [1.82, 2.24) is 5.32 Å². The van der Waals surface area contributed by atoms with Crippen LogP contribution in [0.3, 0.4) is 0 Å². The molecule has 1 aliphatic rings. The summed E-state index contributed by atoms with van der Waals surface area (Å²) in [5.74, 6) is -0.464. The minimum atomic E-state index is -4.69. The van der Waals surface area contributed by atoms with Crippen LogP contribution < -0.4 is 14.8 Å². The summed E-state index contributed by atoms with van der Waals surface area (Å²) in [5, 5.41) is 3.63. The molecule has 4 rings (SSSR count). The van der Waals surface area contributed by atoms with Gasteiger partial charge in [0, 0.05) is 40.2 Å². The van der Waals surface area contributed by atoms with Crippen molar-refractivity contribution in [3.8, 4) is 16.9 Å². The van der Waals surface area contributed by atoms with Crippen LogP contribution in [0.15, 0.2) is 46.7 Å². The number of ether oxygens (including phenoxy) is 1. The van der Waals surface area contributed by atoms with Gasteiger partial charge in [0.15, 0.2) is 0 Å². The maximum absolute atomic E-state index is 13.6. The Labute approximate surface area is 219 Å². The molecule has 1 atom stereocenters. The zero-order valence-electron chi connectivity index (χ0n) is 18.0. The van der Waals surface area contributed by atoms with Crippen molar-refractivity contribution in [1.29, 1.82) is 0 Å². The number of halogens is 6. The second-order valence-corrected chi connectivity index (χ2v) is 12.6. The SMILES string of the molecule is C[C@@]1(Oc2cc(NS(=O)(=O)c3sc(Cl)cc3-c3ccc(Cl)cc3Cl)ccc2C(F)(F)F)CCNC1. The molecule has 2 N–H and O–H groups in total. The Morgan fingerprint density at radius 2 is 1.83 bits per heavy atom. The molecule has 0 amide bonds. The maximum Gasteiger partial charge on any atom is 0.419 e. The largest absolute Gasteiger partial charge is 0.485 e. The number of alkyl halides is 3. The third-order valence-electron chi connectivity index (χ3n) is 5.36. The molecule has 2 aromatic carbocycles. The Morgan fingerprint density at radius 3 is 2.46 bits per heavy atom. The van der Waals surface area contributed by atoms with Crippen LogP contribution in [0.1, 0.15) is 18.9 Å². The minimum Gasteiger partial charge on any atom is -0.485 e. The summed E-state index contributed by atoms with van der Waals surface area (Å²) in [6, 6.07) is 8.88. The van der Waals surface area contributed by atoms with Gasteiger partial charge in [0.2, 0.25) is 0 Å². The fraction of sp³-hybridized carbons (Fsp3) is 0.273. The number of thiophene rings is 1. The van der Waals surface area contributed by atoms with E-state index in [4.69, 9.17) is 39.5 Å². The number of hydrogen-bond acceptors (Lipinski definition) is 5. The van der Waals surface area contributed by atoms with Crippen molar-refractivity contribution < 1.29 is 26.3 Å². The molecule has 1 aliphatic heterocycles. The van der Waals surface area contributed by atoms with Gasteiger partial charge in [-0.2, -0.15) is 13.2 Å². The number of hydrogen-bond donors (Lipinski definition) is 2. The highest BCUT2D eigenvalue weighted by Gasteiger charge is 2.38. The second-order valence-electron chi connectivity index (χ2n) is 8.17. The quantitative estimate of drug-likeness (QED) is 0.318. The van der Waals surface area contributed by atoms with Crippen LogP contribution in [0.25, 0.3) is 11.1 Å². The fourth-order valence-electron chi connectivity index (χ4n) is 3.69. The molecule has 0 unspecified atom stereocenters. The van der Waals surface area contributed by atoms with Crippen molar-refractivity contribution >= 4 is 61.9 Å². The second kappa shape index (κ2) is 9.64. The summed E-state index contributed by atoms with van der Waals surface area (Å²) in [6.45, 7) is 2.65. The Balaban J connectivity index is 1.72. The van der Waals surface area contributed by atoms with Crippen LogP contribution in [-0.4, -0.2) is 27.1 Å². The molecular weight excluding hydrogens is 568 g/mol. The molecule has 13 heteroatoms. The van der Waals surface area contributed by atoms with E-state index in [-0.39, 0.29) is 24.8 Å². The average molecular weight is 586 g/mol. The Bertz CT molecular complexity index is 1370. The molecule has 3 aromatic rings. The molecule has 188 valence electrons. The molecule has 0 aliphatic carbocycles. The van der Waals surface area contributed by atoms with Gasteiger partial charge in [0.1, 0.15) is 15.6 Å². The Kier molecular flexibility index (Phi) is 7.27. The normalized spacial score (nSPS) is 18.6. The smallest absolute Gasteiger partial charge is 0.419 e. The lowest BCUT2D eigenvalue weighted by molar-refractivity contribution is -0.139. The van der Waals surface area contributed by atoms with Gasteiger partial charge >= 0.3 is 6.18 Å². The van der Waals surface area contributed by atoms with Gasteiger partial charge in [-0.25, -0.2) is 8.42 Å². The van der Waals surface area contributed by atoms with E-state index in [1.54, 1.807) is 19.1 Å². The van der Waals surface area contributed by atoms with Gasteiger partial charge in [-0.1, -0.05) is 40.9 Å². The van der Waals surface area contributed by atoms with Crippen LogP contribution in [0.5, 0.6) is 5.75 Å². The van der Waals surface area contributed by atoms with Crippen LogP contribution in [0.2, 0.25) is 14.4 Å². The van der Waals surface area contributed by atoms with Crippen molar-refractivity contribution in [2.75, 3.05) is 17.8 Å². The topological polar surface area (TPSA) is 67.4 Å². The van der Waals surface area contributed by atoms with Crippen LogP contribution in [0, 0.1) is 0 Å². The lowest BCUT2D eigenvalue weighted by Gasteiger charge is -2.27. The molecule has 0 spiro atoms. The fourth-order valence-corrected chi connectivity index (χ4v) is 7.14. The Hall–Kier alpha value is -1.69. The number of anilines is 1. The lowest BCUT2D eigenvalue weighted by Crippen LogP contribution is -2.35.